The van der Waals surface area contributed by atoms with Gasteiger partial charge in [-0.25, -0.2) is 5.43 Å². The second-order valence-corrected chi connectivity index (χ2v) is 4.81. The molecule has 0 bridgehead atoms. The normalized spacial score (nSPS) is 27.1. The monoisotopic (exact) mass is 262 g/mol. The van der Waals surface area contributed by atoms with Crippen LogP contribution in [0.4, 0.5) is 13.2 Å². The maximum absolute atomic E-state index is 12.6. The van der Waals surface area contributed by atoms with Crippen LogP contribution in [0.5, 0.6) is 0 Å². The first-order valence-electron chi connectivity index (χ1n) is 6.08. The van der Waals surface area contributed by atoms with Crippen LogP contribution in [0.3, 0.4) is 0 Å². The van der Waals surface area contributed by atoms with Gasteiger partial charge in [0.2, 0.25) is 0 Å². The van der Waals surface area contributed by atoms with E-state index in [0.29, 0.717) is 18.6 Å². The summed E-state index contributed by atoms with van der Waals surface area (Å²) in [6, 6.07) is 3.34. The summed E-state index contributed by atoms with van der Waals surface area (Å²) in [5, 5.41) is 0. The highest BCUT2D eigenvalue weighted by atomic mass is 19.4. The predicted molar refractivity (Wildman–Crippen MR) is 60.3 cm³/mol. The Morgan fingerprint density at radius 3 is 2.39 bits per heavy atom. The Kier molecular flexibility index (Phi) is 3.97. The van der Waals surface area contributed by atoms with Crippen molar-refractivity contribution in [3.8, 4) is 0 Å². The first kappa shape index (κ1) is 13.4. The minimum atomic E-state index is -4.07. The number of nitrogens with one attached hydrogen (secondary N) is 1. The zero-order valence-electron chi connectivity index (χ0n) is 9.91. The summed E-state index contributed by atoms with van der Waals surface area (Å²) in [5.41, 5.74) is 2.65. The molecule has 0 aromatic carbocycles. The fourth-order valence-corrected chi connectivity index (χ4v) is 2.70. The van der Waals surface area contributed by atoms with Crippen molar-refractivity contribution in [2.75, 3.05) is 0 Å². The highest BCUT2D eigenvalue weighted by molar-refractivity contribution is 5.06. The van der Waals surface area contributed by atoms with Crippen LogP contribution in [0.15, 0.2) is 22.8 Å². The molecule has 1 saturated carbocycles. The van der Waals surface area contributed by atoms with Crippen molar-refractivity contribution in [1.82, 2.24) is 5.43 Å². The lowest BCUT2D eigenvalue weighted by atomic mass is 9.78. The molecular weight excluding hydrogens is 245 g/mol. The quantitative estimate of drug-likeness (QED) is 0.650. The van der Waals surface area contributed by atoms with Gasteiger partial charge in [-0.15, -0.1) is 0 Å². The molecule has 0 aliphatic heterocycles. The van der Waals surface area contributed by atoms with Crippen LogP contribution >= 0.6 is 0 Å². The molecule has 1 aliphatic carbocycles. The van der Waals surface area contributed by atoms with Gasteiger partial charge in [0.15, 0.2) is 0 Å². The molecule has 6 heteroatoms. The predicted octanol–water partition coefficient (Wildman–Crippen LogP) is 3.15. The number of hydrazine groups is 1. The lowest BCUT2D eigenvalue weighted by molar-refractivity contribution is -0.184. The number of rotatable bonds is 3. The van der Waals surface area contributed by atoms with E-state index >= 15 is 0 Å². The fraction of sp³-hybridized carbons (Fsp3) is 0.667. The molecule has 1 unspecified atom stereocenters. The second-order valence-electron chi connectivity index (χ2n) is 4.81. The van der Waals surface area contributed by atoms with Crippen molar-refractivity contribution >= 4 is 0 Å². The molecule has 1 fully saturated rings. The maximum Gasteiger partial charge on any atom is 0.391 e. The van der Waals surface area contributed by atoms with E-state index in [1.54, 1.807) is 18.4 Å². The topological polar surface area (TPSA) is 51.2 Å². The third kappa shape index (κ3) is 2.87. The SMILES string of the molecule is NNC(c1ccco1)C1CCC(C(F)(F)F)CC1. The van der Waals surface area contributed by atoms with E-state index in [2.05, 4.69) is 5.43 Å². The number of furan rings is 1. The van der Waals surface area contributed by atoms with Crippen LogP contribution in [-0.2, 0) is 0 Å². The summed E-state index contributed by atoms with van der Waals surface area (Å²) < 4.78 is 43.0. The minimum Gasteiger partial charge on any atom is -0.468 e. The number of hydrogen-bond donors (Lipinski definition) is 2. The number of alkyl halides is 3. The Bertz CT molecular complexity index is 356. The molecule has 1 heterocycles. The Labute approximate surface area is 103 Å². The van der Waals surface area contributed by atoms with Gasteiger partial charge < -0.3 is 4.42 Å². The van der Waals surface area contributed by atoms with Crippen molar-refractivity contribution in [1.29, 1.82) is 0 Å². The van der Waals surface area contributed by atoms with E-state index in [0.717, 1.165) is 0 Å². The van der Waals surface area contributed by atoms with E-state index in [1.165, 1.54) is 0 Å². The van der Waals surface area contributed by atoms with Gasteiger partial charge in [-0.1, -0.05) is 0 Å². The van der Waals surface area contributed by atoms with E-state index in [-0.39, 0.29) is 24.8 Å². The molecule has 1 aromatic heterocycles. The molecule has 3 N–H and O–H groups in total. The van der Waals surface area contributed by atoms with E-state index in [9.17, 15) is 13.2 Å². The van der Waals surface area contributed by atoms with Crippen LogP contribution in [0.25, 0.3) is 0 Å². The third-order valence-electron chi connectivity index (χ3n) is 3.74. The zero-order valence-corrected chi connectivity index (χ0v) is 9.91. The van der Waals surface area contributed by atoms with Crippen molar-refractivity contribution in [2.45, 2.75) is 37.9 Å². The highest BCUT2D eigenvalue weighted by Gasteiger charge is 2.42. The number of halogens is 3. The highest BCUT2D eigenvalue weighted by Crippen LogP contribution is 2.42. The molecule has 1 aromatic rings. The third-order valence-corrected chi connectivity index (χ3v) is 3.74. The number of hydrogen-bond acceptors (Lipinski definition) is 3. The largest absolute Gasteiger partial charge is 0.468 e. The van der Waals surface area contributed by atoms with E-state index in [1.807, 2.05) is 0 Å². The van der Waals surface area contributed by atoms with Crippen LogP contribution < -0.4 is 11.3 Å². The van der Waals surface area contributed by atoms with Gasteiger partial charge in [0.05, 0.1) is 18.2 Å². The van der Waals surface area contributed by atoms with Crippen molar-refractivity contribution in [2.24, 2.45) is 17.7 Å². The van der Waals surface area contributed by atoms with Gasteiger partial charge in [-0.3, -0.25) is 5.84 Å². The average molecular weight is 262 g/mol. The van der Waals surface area contributed by atoms with Crippen molar-refractivity contribution < 1.29 is 17.6 Å². The number of nitrogens with two attached hydrogens (primary N) is 1. The molecule has 0 saturated heterocycles. The Morgan fingerprint density at radius 1 is 1.28 bits per heavy atom. The summed E-state index contributed by atoms with van der Waals surface area (Å²) in [5.74, 6) is 5.10. The van der Waals surface area contributed by atoms with Gasteiger partial charge >= 0.3 is 6.18 Å². The van der Waals surface area contributed by atoms with Crippen LogP contribution in [0.1, 0.15) is 37.5 Å². The molecular formula is C12H17F3N2O. The average Bonchev–Trinajstić information content (AvgIpc) is 2.83. The summed E-state index contributed by atoms with van der Waals surface area (Å²) in [7, 11) is 0. The van der Waals surface area contributed by atoms with Crippen molar-refractivity contribution in [3.05, 3.63) is 24.2 Å². The van der Waals surface area contributed by atoms with E-state index < -0.39 is 12.1 Å². The van der Waals surface area contributed by atoms with Crippen LogP contribution in [0, 0.1) is 11.8 Å². The fourth-order valence-electron chi connectivity index (χ4n) is 2.70. The van der Waals surface area contributed by atoms with Gasteiger partial charge in [0, 0.05) is 0 Å². The lowest BCUT2D eigenvalue weighted by Crippen LogP contribution is -2.37. The first-order chi connectivity index (χ1) is 8.52. The molecule has 2 rings (SSSR count). The molecule has 102 valence electrons. The van der Waals surface area contributed by atoms with E-state index in [4.69, 9.17) is 10.3 Å². The Balaban J connectivity index is 1.96. The zero-order chi connectivity index (χ0) is 13.2. The lowest BCUT2D eigenvalue weighted by Gasteiger charge is -2.33. The first-order valence-corrected chi connectivity index (χ1v) is 6.08. The maximum atomic E-state index is 12.6. The molecule has 0 radical (unpaired) electrons. The Morgan fingerprint density at radius 2 is 1.94 bits per heavy atom. The van der Waals surface area contributed by atoms with Crippen molar-refractivity contribution in [3.63, 3.8) is 0 Å². The summed E-state index contributed by atoms with van der Waals surface area (Å²) in [6.07, 6.45) is -1.15. The van der Waals surface area contributed by atoms with Gasteiger partial charge in [-0.2, -0.15) is 13.2 Å². The standard InChI is InChI=1S/C12H17F3N2O/c13-12(14,15)9-5-3-8(4-6-9)11(17-16)10-2-1-7-18-10/h1-2,7-9,11,17H,3-6,16H2. The van der Waals surface area contributed by atoms with Gasteiger partial charge in [0.25, 0.3) is 0 Å². The van der Waals surface area contributed by atoms with Gasteiger partial charge in [0.1, 0.15) is 5.76 Å². The van der Waals surface area contributed by atoms with Gasteiger partial charge in [-0.05, 0) is 43.7 Å². The molecule has 1 atom stereocenters. The second kappa shape index (κ2) is 5.32. The molecule has 1 aliphatic rings. The summed E-state index contributed by atoms with van der Waals surface area (Å²) >= 11 is 0. The molecule has 0 amide bonds. The molecule has 3 nitrogen and oxygen atoms in total. The molecule has 0 spiro atoms. The Hall–Kier alpha value is -1.01. The molecule has 18 heavy (non-hydrogen) atoms. The summed E-state index contributed by atoms with van der Waals surface area (Å²) in [4.78, 5) is 0. The van der Waals surface area contributed by atoms with Crippen LogP contribution in [-0.4, -0.2) is 6.18 Å². The minimum absolute atomic E-state index is 0.0970. The smallest absolute Gasteiger partial charge is 0.391 e. The summed E-state index contributed by atoms with van der Waals surface area (Å²) in [6.45, 7) is 0. The van der Waals surface area contributed by atoms with Crippen LogP contribution in [0.2, 0.25) is 0 Å².